The molecule has 0 spiro atoms. The standard InChI is InChI=1S/C31H18F4N6O5/c32-19-6-10-22(11-7-19)45-24-14-21(41(43)44)15-25(16-24)46-23-12-8-20(9-13-23)36-29(42)28-38-30-37-26(18-4-2-1-3-5-18)17-27(31(33,34)35)40(30)39-28/h1-17H,(H,36,42). The summed E-state index contributed by atoms with van der Waals surface area (Å²) in [5.74, 6) is -1.74. The van der Waals surface area contributed by atoms with Crippen LogP contribution in [0.4, 0.5) is 28.9 Å². The lowest BCUT2D eigenvalue weighted by Gasteiger charge is -2.10. The van der Waals surface area contributed by atoms with Crippen LogP contribution >= 0.6 is 0 Å². The molecule has 11 nitrogen and oxygen atoms in total. The fourth-order valence-electron chi connectivity index (χ4n) is 4.27. The largest absolute Gasteiger partial charge is 0.457 e. The number of nitrogens with zero attached hydrogens (tertiary/aromatic N) is 5. The van der Waals surface area contributed by atoms with Crippen molar-refractivity contribution >= 4 is 23.1 Å². The first-order chi connectivity index (χ1) is 22.0. The Hall–Kier alpha value is -6.38. The highest BCUT2D eigenvalue weighted by Crippen LogP contribution is 2.34. The number of hydrogen-bond donors (Lipinski definition) is 1. The lowest BCUT2D eigenvalue weighted by Crippen LogP contribution is -2.16. The zero-order valence-electron chi connectivity index (χ0n) is 23.1. The maximum atomic E-state index is 13.9. The van der Waals surface area contributed by atoms with E-state index in [1.54, 1.807) is 30.3 Å². The number of non-ortho nitro benzene ring substituents is 1. The maximum Gasteiger partial charge on any atom is 0.433 e. The lowest BCUT2D eigenvalue weighted by atomic mass is 10.1. The van der Waals surface area contributed by atoms with E-state index in [9.17, 15) is 32.5 Å². The molecule has 1 amide bonds. The van der Waals surface area contributed by atoms with Crippen molar-refractivity contribution in [1.82, 2.24) is 19.6 Å². The second-order valence-corrected chi connectivity index (χ2v) is 9.59. The molecule has 0 saturated heterocycles. The minimum absolute atomic E-state index is 0.00765. The zero-order chi connectivity index (χ0) is 32.4. The fraction of sp³-hybridized carbons (Fsp3) is 0.0323. The number of nitrogens with one attached hydrogen (secondary N) is 1. The molecule has 0 aliphatic rings. The molecule has 4 aromatic carbocycles. The van der Waals surface area contributed by atoms with Gasteiger partial charge < -0.3 is 14.8 Å². The molecule has 15 heteroatoms. The molecule has 0 aliphatic carbocycles. The van der Waals surface area contributed by atoms with E-state index in [0.717, 1.165) is 6.07 Å². The van der Waals surface area contributed by atoms with Gasteiger partial charge in [-0.3, -0.25) is 14.9 Å². The van der Waals surface area contributed by atoms with Gasteiger partial charge >= 0.3 is 6.18 Å². The number of hydrogen-bond acceptors (Lipinski definition) is 8. The molecule has 230 valence electrons. The predicted octanol–water partition coefficient (Wildman–Crippen LogP) is 7.69. The molecule has 0 unspecified atom stereocenters. The van der Waals surface area contributed by atoms with Crippen LogP contribution in [0.5, 0.6) is 23.0 Å². The summed E-state index contributed by atoms with van der Waals surface area (Å²) in [5, 5.41) is 17.7. The van der Waals surface area contributed by atoms with E-state index in [2.05, 4.69) is 20.4 Å². The number of nitro groups is 1. The number of alkyl halides is 3. The van der Waals surface area contributed by atoms with Crippen LogP contribution in [0.15, 0.2) is 103 Å². The Morgan fingerprint density at radius 2 is 1.41 bits per heavy atom. The van der Waals surface area contributed by atoms with Crippen molar-refractivity contribution in [3.8, 4) is 34.3 Å². The molecule has 0 saturated carbocycles. The molecule has 1 N–H and O–H groups in total. The number of rotatable bonds is 8. The Labute approximate surface area is 255 Å². The minimum atomic E-state index is -4.81. The van der Waals surface area contributed by atoms with E-state index in [-0.39, 0.29) is 40.1 Å². The van der Waals surface area contributed by atoms with Gasteiger partial charge in [-0.05, 0) is 54.6 Å². The van der Waals surface area contributed by atoms with Gasteiger partial charge in [-0.1, -0.05) is 30.3 Å². The smallest absolute Gasteiger partial charge is 0.433 e. The summed E-state index contributed by atoms with van der Waals surface area (Å²) in [7, 11) is 0. The van der Waals surface area contributed by atoms with Gasteiger partial charge in [-0.2, -0.15) is 22.7 Å². The van der Waals surface area contributed by atoms with Gasteiger partial charge in [0.1, 0.15) is 28.8 Å². The summed E-state index contributed by atoms with van der Waals surface area (Å²) in [5.41, 5.74) is -0.819. The summed E-state index contributed by atoms with van der Waals surface area (Å²) in [6.45, 7) is 0. The molecular formula is C31H18F4N6O5. The van der Waals surface area contributed by atoms with Crippen LogP contribution in [-0.2, 0) is 6.18 Å². The summed E-state index contributed by atoms with van der Waals surface area (Å²) in [6, 6.07) is 23.6. The van der Waals surface area contributed by atoms with E-state index >= 15 is 0 Å². The number of anilines is 1. The summed E-state index contributed by atoms with van der Waals surface area (Å²) < 4.78 is 66.7. The van der Waals surface area contributed by atoms with E-state index in [1.165, 1.54) is 66.7 Å². The Bertz CT molecular complexity index is 2070. The van der Waals surface area contributed by atoms with Gasteiger partial charge in [-0.15, -0.1) is 5.10 Å². The SMILES string of the molecule is O=C(Nc1ccc(Oc2cc(Oc3ccc(F)cc3)cc([N+](=O)[O-])c2)cc1)c1nc2nc(-c3ccccc3)cc(C(F)(F)F)n2n1. The molecule has 46 heavy (non-hydrogen) atoms. The number of benzene rings is 4. The van der Waals surface area contributed by atoms with Crippen LogP contribution < -0.4 is 14.8 Å². The van der Waals surface area contributed by atoms with Crippen LogP contribution in [0.1, 0.15) is 16.3 Å². The van der Waals surface area contributed by atoms with Crippen LogP contribution in [0.3, 0.4) is 0 Å². The number of aromatic nitrogens is 4. The van der Waals surface area contributed by atoms with Crippen molar-refractivity contribution in [2.24, 2.45) is 0 Å². The fourth-order valence-corrected chi connectivity index (χ4v) is 4.27. The normalized spacial score (nSPS) is 11.3. The summed E-state index contributed by atoms with van der Waals surface area (Å²) in [6.07, 6.45) is -4.81. The number of fused-ring (bicyclic) bond motifs is 1. The zero-order valence-corrected chi connectivity index (χ0v) is 23.1. The highest BCUT2D eigenvalue weighted by molar-refractivity contribution is 6.01. The third-order valence-electron chi connectivity index (χ3n) is 6.35. The summed E-state index contributed by atoms with van der Waals surface area (Å²) >= 11 is 0. The Morgan fingerprint density at radius 1 is 0.804 bits per heavy atom. The van der Waals surface area contributed by atoms with E-state index in [4.69, 9.17) is 9.47 Å². The molecule has 0 bridgehead atoms. The van der Waals surface area contributed by atoms with Gasteiger partial charge in [0.25, 0.3) is 17.4 Å². The average Bonchev–Trinajstić information content (AvgIpc) is 3.47. The Balaban J connectivity index is 1.20. The van der Waals surface area contributed by atoms with Gasteiger partial charge in [-0.25, -0.2) is 9.37 Å². The van der Waals surface area contributed by atoms with Crippen LogP contribution in [0.25, 0.3) is 17.0 Å². The molecule has 0 aliphatic heterocycles. The van der Waals surface area contributed by atoms with Crippen molar-refractivity contribution in [2.45, 2.75) is 6.18 Å². The maximum absolute atomic E-state index is 13.9. The van der Waals surface area contributed by atoms with Gasteiger partial charge in [0.05, 0.1) is 22.7 Å². The number of amides is 1. The Morgan fingerprint density at radius 3 is 2.00 bits per heavy atom. The molecule has 2 heterocycles. The highest BCUT2D eigenvalue weighted by atomic mass is 19.4. The second kappa shape index (κ2) is 12.0. The molecule has 0 atom stereocenters. The van der Waals surface area contributed by atoms with E-state index in [0.29, 0.717) is 10.1 Å². The minimum Gasteiger partial charge on any atom is -0.457 e. The van der Waals surface area contributed by atoms with Gasteiger partial charge in [0.15, 0.2) is 5.69 Å². The molecule has 0 fully saturated rings. The lowest BCUT2D eigenvalue weighted by molar-refractivity contribution is -0.385. The third kappa shape index (κ3) is 6.57. The number of halogens is 4. The number of carbonyl (C=O) groups excluding carboxylic acids is 1. The van der Waals surface area contributed by atoms with Crippen molar-refractivity contribution in [1.29, 1.82) is 0 Å². The Kier molecular flexibility index (Phi) is 7.71. The van der Waals surface area contributed by atoms with Crippen molar-refractivity contribution in [3.63, 3.8) is 0 Å². The first-order valence-electron chi connectivity index (χ1n) is 13.2. The molecule has 6 rings (SSSR count). The molecule has 6 aromatic rings. The van der Waals surface area contributed by atoms with Crippen LogP contribution in [0, 0.1) is 15.9 Å². The van der Waals surface area contributed by atoms with Crippen molar-refractivity contribution in [3.05, 3.63) is 131 Å². The average molecular weight is 631 g/mol. The topological polar surface area (TPSA) is 134 Å². The monoisotopic (exact) mass is 630 g/mol. The number of carbonyl (C=O) groups is 1. The quantitative estimate of drug-likeness (QED) is 0.103. The predicted molar refractivity (Wildman–Crippen MR) is 155 cm³/mol. The van der Waals surface area contributed by atoms with E-state index < -0.39 is 40.1 Å². The summed E-state index contributed by atoms with van der Waals surface area (Å²) in [4.78, 5) is 31.8. The van der Waals surface area contributed by atoms with Crippen LogP contribution in [-0.4, -0.2) is 30.4 Å². The van der Waals surface area contributed by atoms with Gasteiger partial charge in [0, 0.05) is 17.3 Å². The molecular weight excluding hydrogens is 612 g/mol. The second-order valence-electron chi connectivity index (χ2n) is 9.59. The van der Waals surface area contributed by atoms with E-state index in [1.807, 2.05) is 0 Å². The van der Waals surface area contributed by atoms with Crippen molar-refractivity contribution in [2.75, 3.05) is 5.32 Å². The third-order valence-corrected chi connectivity index (χ3v) is 6.35. The number of ether oxygens (including phenoxy) is 2. The highest BCUT2D eigenvalue weighted by Gasteiger charge is 2.36. The van der Waals surface area contributed by atoms with Gasteiger partial charge in [0.2, 0.25) is 5.82 Å². The first-order valence-corrected chi connectivity index (χ1v) is 13.2. The van der Waals surface area contributed by atoms with Crippen LogP contribution in [0.2, 0.25) is 0 Å². The first kappa shape index (κ1) is 29.7. The molecule has 2 aromatic heterocycles. The van der Waals surface area contributed by atoms with Crippen molar-refractivity contribution < 1.29 is 36.8 Å². The number of nitro benzene ring substituents is 1. The molecule has 0 radical (unpaired) electrons.